The zero-order chi connectivity index (χ0) is 23.2. The zero-order valence-electron chi connectivity index (χ0n) is 18.8. The Labute approximate surface area is 194 Å². The first-order chi connectivity index (χ1) is 16.1. The van der Waals surface area contributed by atoms with Crippen LogP contribution in [0.3, 0.4) is 0 Å². The Morgan fingerprint density at radius 3 is 2.39 bits per heavy atom. The van der Waals surface area contributed by atoms with Crippen LogP contribution in [-0.2, 0) is 16.0 Å². The second kappa shape index (κ2) is 10.3. The molecule has 0 atom stereocenters. The molecule has 0 aromatic heterocycles. The van der Waals surface area contributed by atoms with E-state index in [1.54, 1.807) is 0 Å². The van der Waals surface area contributed by atoms with Gasteiger partial charge in [-0.05, 0) is 47.7 Å². The molecule has 1 heterocycles. The fourth-order valence-electron chi connectivity index (χ4n) is 4.38. The smallest absolute Gasteiger partial charge is 0.254 e. The first-order valence-electron chi connectivity index (χ1n) is 11.5. The molecule has 3 aromatic carbocycles. The normalized spacial score (nSPS) is 14.2. The highest BCUT2D eigenvalue weighted by molar-refractivity contribution is 6.07. The van der Waals surface area contributed by atoms with Crippen molar-refractivity contribution in [2.24, 2.45) is 5.92 Å². The number of hydrogen-bond acceptors (Lipinski definition) is 3. The third kappa shape index (κ3) is 5.22. The minimum Gasteiger partial charge on any atom is -0.347 e. The van der Waals surface area contributed by atoms with Gasteiger partial charge in [0.25, 0.3) is 5.91 Å². The van der Waals surface area contributed by atoms with E-state index in [9.17, 15) is 14.4 Å². The van der Waals surface area contributed by atoms with E-state index < -0.39 is 0 Å². The van der Waals surface area contributed by atoms with Gasteiger partial charge < -0.3 is 15.5 Å². The Balaban J connectivity index is 1.28. The number of para-hydroxylation sites is 1. The lowest BCUT2D eigenvalue weighted by atomic mass is 9.95. The van der Waals surface area contributed by atoms with Gasteiger partial charge in [0, 0.05) is 30.3 Å². The first kappa shape index (κ1) is 22.5. The van der Waals surface area contributed by atoms with Crippen LogP contribution in [0.4, 0.5) is 5.69 Å². The number of rotatable bonds is 6. The Morgan fingerprint density at radius 1 is 0.909 bits per heavy atom. The van der Waals surface area contributed by atoms with E-state index in [4.69, 9.17) is 0 Å². The largest absolute Gasteiger partial charge is 0.347 e. The number of benzene rings is 3. The minimum atomic E-state index is -0.243. The molecule has 3 aromatic rings. The van der Waals surface area contributed by atoms with E-state index in [1.807, 2.05) is 78.6 Å². The maximum atomic E-state index is 13.1. The molecule has 0 aliphatic carbocycles. The van der Waals surface area contributed by atoms with Crippen molar-refractivity contribution < 1.29 is 14.4 Å². The molecule has 170 valence electrons. The summed E-state index contributed by atoms with van der Waals surface area (Å²) in [5.74, 6) is -0.573. The predicted molar refractivity (Wildman–Crippen MR) is 130 cm³/mol. The number of hydrogen-bond donors (Lipinski definition) is 2. The summed E-state index contributed by atoms with van der Waals surface area (Å²) >= 11 is 0. The van der Waals surface area contributed by atoms with E-state index in [1.165, 1.54) is 0 Å². The standard InChI is InChI=1S/C27H29N3O3/c1-2-19-8-4-6-13-24(19)29-25(31)18-28-26(32)21-14-16-30(17-15-21)27(33)23-12-7-10-20-9-3-5-11-22(20)23/h3-13,21H,2,14-18H2,1H3,(H,28,32)(H,29,31). The average molecular weight is 444 g/mol. The number of aryl methyl sites for hydroxylation is 1. The summed E-state index contributed by atoms with van der Waals surface area (Å²) in [5, 5.41) is 7.61. The molecule has 0 saturated carbocycles. The van der Waals surface area contributed by atoms with Crippen molar-refractivity contribution in [3.8, 4) is 0 Å². The minimum absolute atomic E-state index is 0.000347. The highest BCUT2D eigenvalue weighted by atomic mass is 16.2. The van der Waals surface area contributed by atoms with Gasteiger partial charge in [-0.15, -0.1) is 0 Å². The van der Waals surface area contributed by atoms with Gasteiger partial charge >= 0.3 is 0 Å². The summed E-state index contributed by atoms with van der Waals surface area (Å²) in [6.07, 6.45) is 1.99. The Kier molecular flexibility index (Phi) is 7.03. The molecule has 0 bridgehead atoms. The van der Waals surface area contributed by atoms with Crippen molar-refractivity contribution in [1.29, 1.82) is 0 Å². The van der Waals surface area contributed by atoms with E-state index in [-0.39, 0.29) is 30.2 Å². The molecular weight excluding hydrogens is 414 g/mol. The van der Waals surface area contributed by atoms with Crippen molar-refractivity contribution in [2.45, 2.75) is 26.2 Å². The molecule has 0 unspecified atom stereocenters. The summed E-state index contributed by atoms with van der Waals surface area (Å²) in [6, 6.07) is 21.3. The van der Waals surface area contributed by atoms with Gasteiger partial charge in [-0.2, -0.15) is 0 Å². The number of fused-ring (bicyclic) bond motifs is 1. The van der Waals surface area contributed by atoms with Crippen LogP contribution < -0.4 is 10.6 Å². The van der Waals surface area contributed by atoms with Gasteiger partial charge in [-0.25, -0.2) is 0 Å². The Bertz CT molecular complexity index is 1160. The lowest BCUT2D eigenvalue weighted by molar-refractivity contribution is -0.128. The summed E-state index contributed by atoms with van der Waals surface area (Å²) in [6.45, 7) is 3.02. The van der Waals surface area contributed by atoms with E-state index in [2.05, 4.69) is 10.6 Å². The molecule has 6 heteroatoms. The summed E-state index contributed by atoms with van der Waals surface area (Å²) < 4.78 is 0. The van der Waals surface area contributed by atoms with Crippen LogP contribution in [0.2, 0.25) is 0 Å². The SMILES string of the molecule is CCc1ccccc1NC(=O)CNC(=O)C1CCN(C(=O)c2cccc3ccccc23)CC1. The van der Waals surface area contributed by atoms with Crippen LogP contribution >= 0.6 is 0 Å². The van der Waals surface area contributed by atoms with Gasteiger partial charge in [-0.3, -0.25) is 14.4 Å². The highest BCUT2D eigenvalue weighted by Gasteiger charge is 2.28. The van der Waals surface area contributed by atoms with Crippen molar-refractivity contribution in [3.63, 3.8) is 0 Å². The molecule has 6 nitrogen and oxygen atoms in total. The summed E-state index contributed by atoms with van der Waals surface area (Å²) in [5.41, 5.74) is 2.53. The van der Waals surface area contributed by atoms with E-state index in [0.717, 1.165) is 28.4 Å². The van der Waals surface area contributed by atoms with Crippen LogP contribution in [0.1, 0.15) is 35.7 Å². The number of carbonyl (C=O) groups is 3. The Morgan fingerprint density at radius 2 is 1.61 bits per heavy atom. The van der Waals surface area contributed by atoms with Crippen LogP contribution in [0, 0.1) is 5.92 Å². The first-order valence-corrected chi connectivity index (χ1v) is 11.5. The molecule has 2 N–H and O–H groups in total. The van der Waals surface area contributed by atoms with Crippen molar-refractivity contribution >= 4 is 34.2 Å². The monoisotopic (exact) mass is 443 g/mol. The quantitative estimate of drug-likeness (QED) is 0.604. The number of nitrogens with zero attached hydrogens (tertiary/aromatic N) is 1. The maximum Gasteiger partial charge on any atom is 0.254 e. The number of anilines is 1. The van der Waals surface area contributed by atoms with Crippen LogP contribution in [0.15, 0.2) is 66.7 Å². The lowest BCUT2D eigenvalue weighted by Gasteiger charge is -2.31. The molecule has 4 rings (SSSR count). The van der Waals surface area contributed by atoms with Crippen LogP contribution in [-0.4, -0.2) is 42.3 Å². The van der Waals surface area contributed by atoms with Gasteiger partial charge in [0.2, 0.25) is 11.8 Å². The van der Waals surface area contributed by atoms with Crippen molar-refractivity contribution in [3.05, 3.63) is 77.9 Å². The average Bonchev–Trinajstić information content (AvgIpc) is 2.87. The number of piperidine rings is 1. The van der Waals surface area contributed by atoms with Gasteiger partial charge in [0.1, 0.15) is 0 Å². The molecule has 0 radical (unpaired) electrons. The van der Waals surface area contributed by atoms with Gasteiger partial charge in [-0.1, -0.05) is 61.5 Å². The summed E-state index contributed by atoms with van der Waals surface area (Å²) in [4.78, 5) is 39.8. The molecule has 1 saturated heterocycles. The molecular formula is C27H29N3O3. The summed E-state index contributed by atoms with van der Waals surface area (Å²) in [7, 11) is 0. The number of nitrogens with one attached hydrogen (secondary N) is 2. The molecule has 0 spiro atoms. The zero-order valence-corrected chi connectivity index (χ0v) is 18.8. The Hall–Kier alpha value is -3.67. The molecule has 1 aliphatic rings. The third-order valence-corrected chi connectivity index (χ3v) is 6.27. The molecule has 3 amide bonds. The van der Waals surface area contributed by atoms with Gasteiger partial charge in [0.05, 0.1) is 6.54 Å². The highest BCUT2D eigenvalue weighted by Crippen LogP contribution is 2.24. The topological polar surface area (TPSA) is 78.5 Å². The fourth-order valence-corrected chi connectivity index (χ4v) is 4.38. The predicted octanol–water partition coefficient (Wildman–Crippen LogP) is 4.01. The van der Waals surface area contributed by atoms with Crippen molar-refractivity contribution in [2.75, 3.05) is 25.0 Å². The van der Waals surface area contributed by atoms with Crippen LogP contribution in [0.5, 0.6) is 0 Å². The molecule has 33 heavy (non-hydrogen) atoms. The number of carbonyl (C=O) groups excluding carboxylic acids is 3. The van der Waals surface area contributed by atoms with Gasteiger partial charge in [0.15, 0.2) is 0 Å². The van der Waals surface area contributed by atoms with E-state index >= 15 is 0 Å². The third-order valence-electron chi connectivity index (χ3n) is 6.27. The molecule has 1 aliphatic heterocycles. The molecule has 1 fully saturated rings. The maximum absolute atomic E-state index is 13.1. The number of likely N-dealkylation sites (tertiary alicyclic amines) is 1. The fraction of sp³-hybridized carbons (Fsp3) is 0.296. The second-order valence-corrected chi connectivity index (χ2v) is 8.37. The number of amides is 3. The second-order valence-electron chi connectivity index (χ2n) is 8.37. The van der Waals surface area contributed by atoms with Crippen molar-refractivity contribution in [1.82, 2.24) is 10.2 Å². The van der Waals surface area contributed by atoms with E-state index in [0.29, 0.717) is 31.5 Å². The van der Waals surface area contributed by atoms with Crippen LogP contribution in [0.25, 0.3) is 10.8 Å². The lowest BCUT2D eigenvalue weighted by Crippen LogP contribution is -2.44.